The Hall–Kier alpha value is -2.10. The molecular weight excluding hydrogens is 399 g/mol. The molecule has 29 heavy (non-hydrogen) atoms. The van der Waals surface area contributed by atoms with Gasteiger partial charge in [-0.25, -0.2) is 4.39 Å². The van der Waals surface area contributed by atoms with Crippen molar-refractivity contribution in [3.05, 3.63) is 23.7 Å². The molecule has 2 aliphatic rings. The van der Waals surface area contributed by atoms with Crippen LogP contribution in [0.4, 0.5) is 20.6 Å². The third-order valence-electron chi connectivity index (χ3n) is 5.17. The van der Waals surface area contributed by atoms with Gasteiger partial charge in [-0.1, -0.05) is 11.8 Å². The Balaban J connectivity index is 1.76. The molecule has 4 rings (SSSR count). The van der Waals surface area contributed by atoms with Gasteiger partial charge in [-0.2, -0.15) is 0 Å². The molecule has 2 fully saturated rings. The standard InChI is InChI=1S/C20H23FN2O5S/c1-11-5-22(6-12(2)28-11)18-13(8-24)4-15-16(10-27-19(15)17(18)21)23-7-14(9-26-3)29-20(23)25/h4,8,10-12,14H,5-7,9H2,1-3H3/t11-,12-,14-/m1/s1. The Kier molecular flexibility index (Phi) is 5.54. The zero-order chi connectivity index (χ0) is 20.7. The molecule has 0 unspecified atom stereocenters. The summed E-state index contributed by atoms with van der Waals surface area (Å²) in [5.41, 5.74) is 0.954. The van der Waals surface area contributed by atoms with Gasteiger partial charge >= 0.3 is 0 Å². The number of carbonyl (C=O) groups excluding carboxylic acids is 2. The van der Waals surface area contributed by atoms with Crippen molar-refractivity contribution in [3.63, 3.8) is 0 Å². The van der Waals surface area contributed by atoms with Crippen molar-refractivity contribution in [2.24, 2.45) is 0 Å². The molecule has 0 spiro atoms. The number of methoxy groups -OCH3 is 1. The molecule has 0 saturated carbocycles. The molecule has 3 atom stereocenters. The molecule has 3 heterocycles. The van der Waals surface area contributed by atoms with E-state index < -0.39 is 5.82 Å². The predicted molar refractivity (Wildman–Crippen MR) is 110 cm³/mol. The number of fused-ring (bicyclic) bond motifs is 1. The summed E-state index contributed by atoms with van der Waals surface area (Å²) in [5, 5.41) is 0.251. The molecule has 1 amide bonds. The van der Waals surface area contributed by atoms with Gasteiger partial charge in [-0.3, -0.25) is 14.5 Å². The largest absolute Gasteiger partial charge is 0.459 e. The number of carbonyl (C=O) groups is 2. The number of morpholine rings is 1. The fourth-order valence-electron chi connectivity index (χ4n) is 4.10. The van der Waals surface area contributed by atoms with E-state index in [-0.39, 0.29) is 39.5 Å². The summed E-state index contributed by atoms with van der Waals surface area (Å²) in [6.07, 6.45) is 1.85. The van der Waals surface area contributed by atoms with Gasteiger partial charge in [0.05, 0.1) is 35.4 Å². The van der Waals surface area contributed by atoms with Crippen LogP contribution in [0.25, 0.3) is 11.0 Å². The van der Waals surface area contributed by atoms with Gasteiger partial charge < -0.3 is 18.8 Å². The molecule has 2 aromatic rings. The minimum atomic E-state index is -0.593. The lowest BCUT2D eigenvalue weighted by atomic mass is 10.1. The lowest BCUT2D eigenvalue weighted by molar-refractivity contribution is -0.00542. The molecule has 0 N–H and O–H groups in total. The smallest absolute Gasteiger partial charge is 0.286 e. The van der Waals surface area contributed by atoms with Gasteiger partial charge in [0.1, 0.15) is 6.26 Å². The Morgan fingerprint density at radius 1 is 1.31 bits per heavy atom. The number of anilines is 2. The quantitative estimate of drug-likeness (QED) is 0.681. The first-order chi connectivity index (χ1) is 13.9. The predicted octanol–water partition coefficient (Wildman–Crippen LogP) is 3.69. The number of hydrogen-bond acceptors (Lipinski definition) is 7. The van der Waals surface area contributed by atoms with Crippen molar-refractivity contribution < 1.29 is 27.9 Å². The van der Waals surface area contributed by atoms with E-state index in [0.29, 0.717) is 43.6 Å². The number of aldehydes is 1. The summed E-state index contributed by atoms with van der Waals surface area (Å²) in [6.45, 7) is 5.65. The van der Waals surface area contributed by atoms with Crippen LogP contribution in [0.3, 0.4) is 0 Å². The van der Waals surface area contributed by atoms with Crippen LogP contribution in [-0.2, 0) is 9.47 Å². The number of halogens is 1. The first-order valence-corrected chi connectivity index (χ1v) is 10.4. The zero-order valence-electron chi connectivity index (χ0n) is 16.5. The minimum Gasteiger partial charge on any atom is -0.459 e. The number of thioether (sulfide) groups is 1. The molecule has 9 heteroatoms. The Morgan fingerprint density at radius 3 is 2.69 bits per heavy atom. The topological polar surface area (TPSA) is 72.2 Å². The van der Waals surface area contributed by atoms with Crippen LogP contribution >= 0.6 is 11.8 Å². The first kappa shape index (κ1) is 20.2. The zero-order valence-corrected chi connectivity index (χ0v) is 17.3. The highest BCUT2D eigenvalue weighted by atomic mass is 32.2. The summed E-state index contributed by atoms with van der Waals surface area (Å²) in [5.74, 6) is -0.593. The van der Waals surface area contributed by atoms with E-state index in [4.69, 9.17) is 13.9 Å². The molecule has 0 aliphatic carbocycles. The van der Waals surface area contributed by atoms with Gasteiger partial charge in [-0.15, -0.1) is 0 Å². The van der Waals surface area contributed by atoms with Crippen LogP contribution in [0.5, 0.6) is 0 Å². The van der Waals surface area contributed by atoms with Gasteiger partial charge in [0, 0.05) is 37.7 Å². The number of benzene rings is 1. The van der Waals surface area contributed by atoms with Crippen LogP contribution in [-0.4, -0.2) is 62.3 Å². The van der Waals surface area contributed by atoms with Crippen molar-refractivity contribution in [3.8, 4) is 0 Å². The van der Waals surface area contributed by atoms with Crippen LogP contribution in [0, 0.1) is 5.82 Å². The van der Waals surface area contributed by atoms with E-state index >= 15 is 4.39 Å². The monoisotopic (exact) mass is 422 g/mol. The van der Waals surface area contributed by atoms with Crippen molar-refractivity contribution >= 4 is 45.6 Å². The summed E-state index contributed by atoms with van der Waals surface area (Å²) in [6, 6.07) is 1.60. The summed E-state index contributed by atoms with van der Waals surface area (Å²) in [4.78, 5) is 27.6. The van der Waals surface area contributed by atoms with E-state index in [2.05, 4.69) is 0 Å². The SMILES string of the molecule is COC[C@H]1CN(c2coc3c(F)c(N4C[C@@H](C)O[C@H](C)C4)c(C=O)cc23)C(=O)S1. The average molecular weight is 422 g/mol. The molecule has 2 aliphatic heterocycles. The lowest BCUT2D eigenvalue weighted by Crippen LogP contribution is -2.46. The molecule has 1 aromatic heterocycles. The Labute approximate surface area is 172 Å². The second-order valence-corrected chi connectivity index (χ2v) is 8.73. The number of furan rings is 1. The molecule has 2 saturated heterocycles. The summed E-state index contributed by atoms with van der Waals surface area (Å²) < 4.78 is 31.9. The van der Waals surface area contributed by atoms with Gasteiger partial charge in [0.2, 0.25) is 0 Å². The maximum atomic E-state index is 15.5. The Morgan fingerprint density at radius 2 is 2.03 bits per heavy atom. The van der Waals surface area contributed by atoms with E-state index in [1.165, 1.54) is 18.0 Å². The molecule has 1 aromatic carbocycles. The maximum Gasteiger partial charge on any atom is 0.286 e. The fourth-order valence-corrected chi connectivity index (χ4v) is 5.11. The highest BCUT2D eigenvalue weighted by Gasteiger charge is 2.35. The third-order valence-corrected chi connectivity index (χ3v) is 6.21. The number of hydrogen-bond donors (Lipinski definition) is 0. The van der Waals surface area contributed by atoms with E-state index in [9.17, 15) is 9.59 Å². The van der Waals surface area contributed by atoms with Crippen LogP contribution in [0.15, 0.2) is 16.7 Å². The number of nitrogens with zero attached hydrogens (tertiary/aromatic N) is 2. The molecule has 0 bridgehead atoms. The number of amides is 1. The normalized spacial score (nSPS) is 25.2. The molecule has 0 radical (unpaired) electrons. The van der Waals surface area contributed by atoms with E-state index in [0.717, 1.165) is 0 Å². The van der Waals surface area contributed by atoms with Crippen LogP contribution in [0.1, 0.15) is 24.2 Å². The number of rotatable bonds is 5. The van der Waals surface area contributed by atoms with Gasteiger partial charge in [0.15, 0.2) is 17.7 Å². The Bertz CT molecular complexity index is 939. The van der Waals surface area contributed by atoms with Crippen molar-refractivity contribution in [2.75, 3.05) is 43.2 Å². The van der Waals surface area contributed by atoms with Crippen molar-refractivity contribution in [1.82, 2.24) is 0 Å². The highest BCUT2D eigenvalue weighted by molar-refractivity contribution is 8.14. The summed E-state index contributed by atoms with van der Waals surface area (Å²) in [7, 11) is 1.58. The maximum absolute atomic E-state index is 15.5. The lowest BCUT2D eigenvalue weighted by Gasteiger charge is -2.37. The molecule has 156 valence electrons. The van der Waals surface area contributed by atoms with Gasteiger partial charge in [-0.05, 0) is 19.9 Å². The number of ether oxygens (including phenoxy) is 2. The fraction of sp³-hybridized carbons (Fsp3) is 0.500. The average Bonchev–Trinajstić information content (AvgIpc) is 3.24. The van der Waals surface area contributed by atoms with E-state index in [1.807, 2.05) is 18.7 Å². The minimum absolute atomic E-state index is 0.0107. The second kappa shape index (κ2) is 7.97. The van der Waals surface area contributed by atoms with Gasteiger partial charge in [0.25, 0.3) is 5.24 Å². The molecule has 7 nitrogen and oxygen atoms in total. The second-order valence-electron chi connectivity index (χ2n) is 7.48. The van der Waals surface area contributed by atoms with Crippen molar-refractivity contribution in [2.45, 2.75) is 31.3 Å². The first-order valence-electron chi connectivity index (χ1n) is 9.49. The van der Waals surface area contributed by atoms with E-state index in [1.54, 1.807) is 18.1 Å². The van der Waals surface area contributed by atoms with Crippen LogP contribution in [0.2, 0.25) is 0 Å². The third kappa shape index (κ3) is 3.62. The highest BCUT2D eigenvalue weighted by Crippen LogP contribution is 2.41. The summed E-state index contributed by atoms with van der Waals surface area (Å²) >= 11 is 1.18. The molecular formula is C20H23FN2O5S. The van der Waals surface area contributed by atoms with Crippen LogP contribution < -0.4 is 9.80 Å². The van der Waals surface area contributed by atoms with Crippen molar-refractivity contribution in [1.29, 1.82) is 0 Å².